The molecule has 1 amide bonds. The molecule has 1 aliphatic rings. The highest BCUT2D eigenvalue weighted by molar-refractivity contribution is 8.04. The minimum Gasteiger partial charge on any atom is -0.325 e. The van der Waals surface area contributed by atoms with E-state index in [0.717, 1.165) is 34.9 Å². The van der Waals surface area contributed by atoms with Gasteiger partial charge in [-0.1, -0.05) is 59.5 Å². The summed E-state index contributed by atoms with van der Waals surface area (Å²) >= 11 is 4.35. The van der Waals surface area contributed by atoms with Gasteiger partial charge in [0.2, 0.25) is 15.9 Å². The number of rotatable bonds is 9. The summed E-state index contributed by atoms with van der Waals surface area (Å²) in [5.74, 6) is 0.565. The summed E-state index contributed by atoms with van der Waals surface area (Å²) in [6.07, 6.45) is 2.81. The van der Waals surface area contributed by atoms with E-state index in [9.17, 15) is 13.2 Å². The first-order chi connectivity index (χ1) is 14.8. The zero-order chi connectivity index (χ0) is 22.4. The predicted molar refractivity (Wildman–Crippen MR) is 128 cm³/mol. The first-order valence-corrected chi connectivity index (χ1v) is 14.1. The van der Waals surface area contributed by atoms with Crippen molar-refractivity contribution in [3.8, 4) is 0 Å². The number of sulfonamides is 1. The van der Waals surface area contributed by atoms with Gasteiger partial charge in [-0.2, -0.15) is 4.31 Å². The monoisotopic (exact) mass is 498 g/mol. The fourth-order valence-electron chi connectivity index (χ4n) is 2.93. The molecular formula is C20H26N4O3S4. The molecule has 0 unspecified atom stereocenters. The Morgan fingerprint density at radius 1 is 1.26 bits per heavy atom. The van der Waals surface area contributed by atoms with E-state index in [1.165, 1.54) is 33.5 Å². The standard InChI is InChI=1S/C20H26N4O3S4/c1-14(2)13-28-19-22-23-20(30-19)29-15(3)18(25)21-16-8-7-9-17(12-16)31(26,27)24-10-5-4-6-11-24/h7-9,12,15H,1,4-6,10-11,13H2,2-3H3,(H,21,25)/t15-/m0/s1. The summed E-state index contributed by atoms with van der Waals surface area (Å²) in [6.45, 7) is 8.71. The van der Waals surface area contributed by atoms with Crippen LogP contribution in [0.5, 0.6) is 0 Å². The molecule has 0 aliphatic carbocycles. The van der Waals surface area contributed by atoms with Crippen LogP contribution in [0.4, 0.5) is 5.69 Å². The first kappa shape index (κ1) is 24.2. The molecule has 2 aromatic rings. The SMILES string of the molecule is C=C(C)CSc1nnc(S[C@@H](C)C(=O)Nc2cccc(S(=O)(=O)N3CCCCC3)c2)s1. The van der Waals surface area contributed by atoms with Gasteiger partial charge < -0.3 is 5.32 Å². The number of nitrogens with zero attached hydrogens (tertiary/aromatic N) is 3. The van der Waals surface area contributed by atoms with Crippen molar-refractivity contribution in [1.82, 2.24) is 14.5 Å². The predicted octanol–water partition coefficient (Wildman–Crippen LogP) is 4.50. The van der Waals surface area contributed by atoms with Gasteiger partial charge in [-0.15, -0.1) is 10.2 Å². The third-order valence-corrected chi connectivity index (χ3v) is 9.90. The molecule has 0 spiro atoms. The van der Waals surface area contributed by atoms with E-state index < -0.39 is 15.3 Å². The molecule has 1 N–H and O–H groups in total. The maximum atomic E-state index is 12.9. The van der Waals surface area contributed by atoms with E-state index in [-0.39, 0.29) is 10.8 Å². The minimum atomic E-state index is -3.55. The van der Waals surface area contributed by atoms with Crippen molar-refractivity contribution in [3.63, 3.8) is 0 Å². The lowest BCUT2D eigenvalue weighted by molar-refractivity contribution is -0.115. The Balaban J connectivity index is 1.61. The molecule has 1 aliphatic heterocycles. The molecular weight excluding hydrogens is 473 g/mol. The van der Waals surface area contributed by atoms with Gasteiger partial charge in [0.05, 0.1) is 10.1 Å². The Morgan fingerprint density at radius 2 is 1.97 bits per heavy atom. The number of thioether (sulfide) groups is 2. The smallest absolute Gasteiger partial charge is 0.243 e. The van der Waals surface area contributed by atoms with Crippen molar-refractivity contribution in [2.45, 2.75) is 51.9 Å². The number of nitrogens with one attached hydrogen (secondary N) is 1. The number of piperidine rings is 1. The number of carbonyl (C=O) groups is 1. The van der Waals surface area contributed by atoms with Crippen molar-refractivity contribution < 1.29 is 13.2 Å². The second kappa shape index (κ2) is 11.0. The van der Waals surface area contributed by atoms with Crippen LogP contribution in [0.3, 0.4) is 0 Å². The Morgan fingerprint density at radius 3 is 2.68 bits per heavy atom. The van der Waals surface area contributed by atoms with Gasteiger partial charge in [-0.05, 0) is 44.9 Å². The highest BCUT2D eigenvalue weighted by Gasteiger charge is 2.26. The molecule has 0 saturated carbocycles. The molecule has 1 aromatic heterocycles. The summed E-state index contributed by atoms with van der Waals surface area (Å²) in [6, 6.07) is 6.45. The largest absolute Gasteiger partial charge is 0.325 e. The van der Waals surface area contributed by atoms with E-state index in [0.29, 0.717) is 23.1 Å². The molecule has 31 heavy (non-hydrogen) atoms. The number of hydrogen-bond acceptors (Lipinski definition) is 8. The van der Waals surface area contributed by atoms with Crippen LogP contribution in [0, 0.1) is 0 Å². The van der Waals surface area contributed by atoms with Crippen molar-refractivity contribution >= 4 is 56.5 Å². The van der Waals surface area contributed by atoms with Crippen LogP contribution in [-0.4, -0.2) is 52.9 Å². The van der Waals surface area contributed by atoms with Gasteiger partial charge in [0.1, 0.15) is 0 Å². The van der Waals surface area contributed by atoms with Crippen LogP contribution in [-0.2, 0) is 14.8 Å². The van der Waals surface area contributed by atoms with Gasteiger partial charge in [0.25, 0.3) is 0 Å². The van der Waals surface area contributed by atoms with Crippen LogP contribution in [0.25, 0.3) is 0 Å². The van der Waals surface area contributed by atoms with E-state index in [2.05, 4.69) is 22.1 Å². The topological polar surface area (TPSA) is 92.3 Å². The summed E-state index contributed by atoms with van der Waals surface area (Å²) in [7, 11) is -3.55. The second-order valence-corrected chi connectivity index (χ2v) is 13.0. The normalized spacial score (nSPS) is 16.1. The third kappa shape index (κ3) is 6.79. The highest BCUT2D eigenvalue weighted by atomic mass is 32.2. The van der Waals surface area contributed by atoms with Gasteiger partial charge in [0, 0.05) is 24.5 Å². The molecule has 1 fully saturated rings. The maximum Gasteiger partial charge on any atom is 0.243 e. The van der Waals surface area contributed by atoms with Crippen LogP contribution >= 0.6 is 34.9 Å². The Labute approximate surface area is 196 Å². The van der Waals surface area contributed by atoms with Crippen molar-refractivity contribution in [2.24, 2.45) is 0 Å². The molecule has 0 bridgehead atoms. The molecule has 1 saturated heterocycles. The van der Waals surface area contributed by atoms with Crippen molar-refractivity contribution in [1.29, 1.82) is 0 Å². The van der Waals surface area contributed by atoms with Gasteiger partial charge in [0.15, 0.2) is 8.68 Å². The Hall–Kier alpha value is -1.40. The fraction of sp³-hybridized carbons (Fsp3) is 0.450. The van der Waals surface area contributed by atoms with Crippen LogP contribution in [0.1, 0.15) is 33.1 Å². The van der Waals surface area contributed by atoms with Crippen LogP contribution in [0.15, 0.2) is 50.0 Å². The number of aromatic nitrogens is 2. The van der Waals surface area contributed by atoms with Gasteiger partial charge >= 0.3 is 0 Å². The summed E-state index contributed by atoms with van der Waals surface area (Å²) in [4.78, 5) is 12.9. The zero-order valence-electron chi connectivity index (χ0n) is 17.5. The summed E-state index contributed by atoms with van der Waals surface area (Å²) in [5, 5.41) is 10.7. The average molecular weight is 499 g/mol. The molecule has 3 rings (SSSR count). The lowest BCUT2D eigenvalue weighted by Gasteiger charge is -2.26. The molecule has 1 atom stereocenters. The molecule has 0 radical (unpaired) electrons. The lowest BCUT2D eigenvalue weighted by atomic mass is 10.2. The fourth-order valence-corrected chi connectivity index (χ4v) is 7.50. The van der Waals surface area contributed by atoms with Crippen molar-refractivity contribution in [3.05, 3.63) is 36.4 Å². The number of anilines is 1. The molecule has 11 heteroatoms. The average Bonchev–Trinajstić information content (AvgIpc) is 3.20. The molecule has 2 heterocycles. The highest BCUT2D eigenvalue weighted by Crippen LogP contribution is 2.32. The van der Waals surface area contributed by atoms with E-state index in [1.54, 1.807) is 36.9 Å². The van der Waals surface area contributed by atoms with Crippen LogP contribution < -0.4 is 5.32 Å². The number of hydrogen-bond donors (Lipinski definition) is 1. The van der Waals surface area contributed by atoms with Gasteiger partial charge in [-0.25, -0.2) is 8.42 Å². The number of benzene rings is 1. The van der Waals surface area contributed by atoms with Crippen molar-refractivity contribution in [2.75, 3.05) is 24.2 Å². The molecule has 168 valence electrons. The van der Waals surface area contributed by atoms with E-state index >= 15 is 0 Å². The number of amides is 1. The lowest BCUT2D eigenvalue weighted by Crippen LogP contribution is -2.35. The molecule has 1 aromatic carbocycles. The zero-order valence-corrected chi connectivity index (χ0v) is 20.8. The second-order valence-electron chi connectivity index (χ2n) is 7.32. The third-order valence-electron chi connectivity index (χ3n) is 4.53. The quantitative estimate of drug-likeness (QED) is 0.402. The summed E-state index contributed by atoms with van der Waals surface area (Å²) in [5.41, 5.74) is 1.53. The van der Waals surface area contributed by atoms with Crippen LogP contribution in [0.2, 0.25) is 0 Å². The summed E-state index contributed by atoms with van der Waals surface area (Å²) < 4.78 is 28.9. The van der Waals surface area contributed by atoms with E-state index in [1.807, 2.05) is 6.92 Å². The minimum absolute atomic E-state index is 0.204. The van der Waals surface area contributed by atoms with Gasteiger partial charge in [-0.3, -0.25) is 4.79 Å². The Kier molecular flexibility index (Phi) is 8.57. The molecule has 7 nitrogen and oxygen atoms in total. The Bertz CT molecular complexity index is 1030. The van der Waals surface area contributed by atoms with E-state index in [4.69, 9.17) is 0 Å². The number of carbonyl (C=O) groups excluding carboxylic acids is 1. The first-order valence-electron chi connectivity index (χ1n) is 9.94. The maximum absolute atomic E-state index is 12.9.